The lowest BCUT2D eigenvalue weighted by Crippen LogP contribution is -2.33. The highest BCUT2D eigenvalue weighted by atomic mass is 35.5. The number of amides is 1. The minimum absolute atomic E-state index is 0.0736. The molecule has 0 aromatic heterocycles. The molecule has 1 unspecified atom stereocenters. The Balaban J connectivity index is 2.75. The van der Waals surface area contributed by atoms with Gasteiger partial charge in [-0.15, -0.1) is 0 Å². The summed E-state index contributed by atoms with van der Waals surface area (Å²) in [4.78, 5) is 11.5. The van der Waals surface area contributed by atoms with E-state index >= 15 is 0 Å². The average Bonchev–Trinajstić information content (AvgIpc) is 2.28. The summed E-state index contributed by atoms with van der Waals surface area (Å²) in [6.07, 6.45) is 1.50. The Hall–Kier alpha value is -1.32. The van der Waals surface area contributed by atoms with Crippen LogP contribution < -0.4 is 5.32 Å². The van der Waals surface area contributed by atoms with Crippen LogP contribution in [-0.2, 0) is 4.79 Å². The van der Waals surface area contributed by atoms with E-state index in [0.29, 0.717) is 5.02 Å². The molecular formula is C13H16ClNO2. The van der Waals surface area contributed by atoms with Gasteiger partial charge < -0.3 is 10.4 Å². The van der Waals surface area contributed by atoms with Crippen molar-refractivity contribution in [1.29, 1.82) is 0 Å². The van der Waals surface area contributed by atoms with Crippen molar-refractivity contribution < 1.29 is 9.90 Å². The van der Waals surface area contributed by atoms with Crippen molar-refractivity contribution in [3.05, 3.63) is 40.9 Å². The standard InChI is InChI=1S/C13H16ClNO2/c1-9(6-13(17)15-10(2)8-16)11-4-3-5-12(14)7-11/h3-7,10,16H,8H2,1-2H3,(H,15,17)/b9-6-. The highest BCUT2D eigenvalue weighted by molar-refractivity contribution is 6.30. The van der Waals surface area contributed by atoms with Crippen LogP contribution in [0.15, 0.2) is 30.3 Å². The van der Waals surface area contributed by atoms with Crippen molar-refractivity contribution in [3.8, 4) is 0 Å². The van der Waals surface area contributed by atoms with Gasteiger partial charge in [0.1, 0.15) is 0 Å². The minimum atomic E-state index is -0.245. The van der Waals surface area contributed by atoms with Gasteiger partial charge in [0.25, 0.3) is 0 Å². The Labute approximate surface area is 106 Å². The van der Waals surface area contributed by atoms with E-state index in [1.54, 1.807) is 19.1 Å². The highest BCUT2D eigenvalue weighted by Crippen LogP contribution is 2.17. The summed E-state index contributed by atoms with van der Waals surface area (Å²) in [5, 5.41) is 12.1. The smallest absolute Gasteiger partial charge is 0.244 e. The monoisotopic (exact) mass is 253 g/mol. The van der Waals surface area contributed by atoms with Crippen LogP contribution in [0.25, 0.3) is 5.57 Å². The van der Waals surface area contributed by atoms with E-state index in [2.05, 4.69) is 5.32 Å². The number of aliphatic hydroxyl groups excluding tert-OH is 1. The summed E-state index contributed by atoms with van der Waals surface area (Å²) in [6.45, 7) is 3.51. The molecule has 0 fully saturated rings. The SMILES string of the molecule is C/C(=C/C(=O)NC(C)CO)c1cccc(Cl)c1. The molecule has 0 aliphatic carbocycles. The van der Waals surface area contributed by atoms with Gasteiger partial charge in [0.05, 0.1) is 6.61 Å². The maximum Gasteiger partial charge on any atom is 0.244 e. The molecular weight excluding hydrogens is 238 g/mol. The van der Waals surface area contributed by atoms with Gasteiger partial charge in [0, 0.05) is 17.1 Å². The van der Waals surface area contributed by atoms with Gasteiger partial charge >= 0.3 is 0 Å². The molecule has 0 spiro atoms. The molecule has 0 radical (unpaired) electrons. The number of aliphatic hydroxyl groups is 1. The van der Waals surface area contributed by atoms with E-state index in [0.717, 1.165) is 11.1 Å². The zero-order chi connectivity index (χ0) is 12.8. The van der Waals surface area contributed by atoms with Crippen LogP contribution in [0.2, 0.25) is 5.02 Å². The summed E-state index contributed by atoms with van der Waals surface area (Å²) in [5.41, 5.74) is 1.74. The molecule has 92 valence electrons. The molecule has 1 atom stereocenters. The number of allylic oxidation sites excluding steroid dienone is 1. The first-order valence-electron chi connectivity index (χ1n) is 5.38. The second-order valence-electron chi connectivity index (χ2n) is 3.93. The molecule has 0 aliphatic rings. The molecule has 0 aliphatic heterocycles. The molecule has 1 rings (SSSR count). The fourth-order valence-corrected chi connectivity index (χ4v) is 1.53. The van der Waals surface area contributed by atoms with E-state index < -0.39 is 0 Å². The normalized spacial score (nSPS) is 13.3. The molecule has 4 heteroatoms. The van der Waals surface area contributed by atoms with Crippen LogP contribution in [0, 0.1) is 0 Å². The highest BCUT2D eigenvalue weighted by Gasteiger charge is 2.04. The minimum Gasteiger partial charge on any atom is -0.394 e. The summed E-state index contributed by atoms with van der Waals surface area (Å²) >= 11 is 5.87. The third kappa shape index (κ3) is 4.59. The molecule has 1 aromatic carbocycles. The third-order valence-electron chi connectivity index (χ3n) is 2.29. The summed E-state index contributed by atoms with van der Waals surface area (Å²) in [5.74, 6) is -0.218. The summed E-state index contributed by atoms with van der Waals surface area (Å²) in [6, 6.07) is 7.07. The molecule has 17 heavy (non-hydrogen) atoms. The number of carbonyl (C=O) groups excluding carboxylic acids is 1. The number of benzene rings is 1. The predicted octanol–water partition coefficient (Wildman–Crippen LogP) is 2.24. The maximum absolute atomic E-state index is 11.5. The Bertz CT molecular complexity index is 429. The van der Waals surface area contributed by atoms with Gasteiger partial charge in [0.2, 0.25) is 5.91 Å². The van der Waals surface area contributed by atoms with Crippen LogP contribution in [0.1, 0.15) is 19.4 Å². The average molecular weight is 254 g/mol. The van der Waals surface area contributed by atoms with Gasteiger partial charge in [-0.3, -0.25) is 4.79 Å². The van der Waals surface area contributed by atoms with Crippen LogP contribution in [0.3, 0.4) is 0 Å². The van der Waals surface area contributed by atoms with E-state index in [-0.39, 0.29) is 18.6 Å². The number of carbonyl (C=O) groups is 1. The van der Waals surface area contributed by atoms with Crippen LogP contribution >= 0.6 is 11.6 Å². The van der Waals surface area contributed by atoms with Gasteiger partial charge in [-0.25, -0.2) is 0 Å². The fourth-order valence-electron chi connectivity index (χ4n) is 1.34. The third-order valence-corrected chi connectivity index (χ3v) is 2.53. The number of rotatable bonds is 4. The lowest BCUT2D eigenvalue weighted by Gasteiger charge is -2.09. The summed E-state index contributed by atoms with van der Waals surface area (Å²) in [7, 11) is 0. The number of halogens is 1. The Morgan fingerprint density at radius 2 is 2.29 bits per heavy atom. The molecule has 0 bridgehead atoms. The van der Waals surface area contributed by atoms with E-state index in [1.807, 2.05) is 19.1 Å². The van der Waals surface area contributed by atoms with Crippen molar-refractivity contribution in [2.24, 2.45) is 0 Å². The van der Waals surface area contributed by atoms with Crippen LogP contribution in [0.5, 0.6) is 0 Å². The van der Waals surface area contributed by atoms with E-state index in [1.165, 1.54) is 6.08 Å². The maximum atomic E-state index is 11.5. The molecule has 1 amide bonds. The Kier molecular flexibility index (Phi) is 5.19. The second kappa shape index (κ2) is 6.42. The van der Waals surface area contributed by atoms with Crippen LogP contribution in [-0.4, -0.2) is 23.7 Å². The second-order valence-corrected chi connectivity index (χ2v) is 4.37. The zero-order valence-electron chi connectivity index (χ0n) is 9.90. The summed E-state index contributed by atoms with van der Waals surface area (Å²) < 4.78 is 0. The molecule has 2 N–H and O–H groups in total. The van der Waals surface area contributed by atoms with Crippen molar-refractivity contribution in [3.63, 3.8) is 0 Å². The molecule has 1 aromatic rings. The fraction of sp³-hybridized carbons (Fsp3) is 0.308. The van der Waals surface area contributed by atoms with Crippen LogP contribution in [0.4, 0.5) is 0 Å². The van der Waals surface area contributed by atoms with E-state index in [4.69, 9.17) is 16.7 Å². The lowest BCUT2D eigenvalue weighted by molar-refractivity contribution is -0.117. The van der Waals surface area contributed by atoms with Gasteiger partial charge in [-0.1, -0.05) is 23.7 Å². The molecule has 3 nitrogen and oxygen atoms in total. The first-order chi connectivity index (χ1) is 8.02. The van der Waals surface area contributed by atoms with Gasteiger partial charge in [0.15, 0.2) is 0 Å². The van der Waals surface area contributed by atoms with Gasteiger partial charge in [-0.05, 0) is 37.1 Å². The largest absolute Gasteiger partial charge is 0.394 e. The zero-order valence-corrected chi connectivity index (χ0v) is 10.7. The molecule has 0 saturated heterocycles. The van der Waals surface area contributed by atoms with Crippen molar-refractivity contribution in [2.75, 3.05) is 6.61 Å². The molecule has 0 saturated carbocycles. The van der Waals surface area contributed by atoms with Crippen molar-refractivity contribution in [1.82, 2.24) is 5.32 Å². The Morgan fingerprint density at radius 1 is 1.59 bits per heavy atom. The Morgan fingerprint density at radius 3 is 2.88 bits per heavy atom. The van der Waals surface area contributed by atoms with Crippen molar-refractivity contribution in [2.45, 2.75) is 19.9 Å². The van der Waals surface area contributed by atoms with Crippen molar-refractivity contribution >= 4 is 23.1 Å². The first kappa shape index (κ1) is 13.7. The quantitative estimate of drug-likeness (QED) is 0.809. The van der Waals surface area contributed by atoms with E-state index in [9.17, 15) is 4.79 Å². The van der Waals surface area contributed by atoms with Gasteiger partial charge in [-0.2, -0.15) is 0 Å². The molecule has 0 heterocycles. The first-order valence-corrected chi connectivity index (χ1v) is 5.76. The lowest BCUT2D eigenvalue weighted by atomic mass is 10.1. The predicted molar refractivity (Wildman–Crippen MR) is 69.8 cm³/mol. The topological polar surface area (TPSA) is 49.3 Å². The number of hydrogen-bond donors (Lipinski definition) is 2. The number of nitrogens with one attached hydrogen (secondary N) is 1. The number of hydrogen-bond acceptors (Lipinski definition) is 2.